The van der Waals surface area contributed by atoms with Crippen molar-refractivity contribution in [1.82, 2.24) is 9.88 Å². The second-order valence-corrected chi connectivity index (χ2v) is 3.16. The first-order chi connectivity index (χ1) is 6.33. The third-order valence-electron chi connectivity index (χ3n) is 1.99. The highest BCUT2D eigenvalue weighted by Gasteiger charge is 1.97. The van der Waals surface area contributed by atoms with Gasteiger partial charge in [0.05, 0.1) is 0 Å². The molecule has 72 valence electrons. The molecule has 0 radical (unpaired) electrons. The molecule has 0 saturated heterocycles. The van der Waals surface area contributed by atoms with E-state index in [1.54, 1.807) is 0 Å². The Balaban J connectivity index is 2.27. The summed E-state index contributed by atoms with van der Waals surface area (Å²) >= 11 is 0. The van der Waals surface area contributed by atoms with Crippen LogP contribution in [0.4, 0.5) is 0 Å². The van der Waals surface area contributed by atoms with Gasteiger partial charge in [-0.1, -0.05) is 6.07 Å². The van der Waals surface area contributed by atoms with Crippen LogP contribution in [0.3, 0.4) is 0 Å². The maximum atomic E-state index is 5.44. The van der Waals surface area contributed by atoms with Crippen molar-refractivity contribution >= 4 is 0 Å². The molecule has 0 spiro atoms. The summed E-state index contributed by atoms with van der Waals surface area (Å²) in [4.78, 5) is 6.47. The summed E-state index contributed by atoms with van der Waals surface area (Å²) in [6.45, 7) is 2.69. The van der Waals surface area contributed by atoms with Gasteiger partial charge in [0.2, 0.25) is 0 Å². The number of nitrogens with zero attached hydrogens (tertiary/aromatic N) is 2. The predicted octanol–water partition coefficient (Wildman–Crippen LogP) is 0.515. The highest BCUT2D eigenvalue weighted by Crippen LogP contribution is 1.95. The zero-order valence-electron chi connectivity index (χ0n) is 8.11. The summed E-state index contributed by atoms with van der Waals surface area (Å²) in [5, 5.41) is 0. The number of aromatic nitrogens is 1. The molecule has 1 aromatic heterocycles. The van der Waals surface area contributed by atoms with Gasteiger partial charge in [-0.15, -0.1) is 0 Å². The lowest BCUT2D eigenvalue weighted by atomic mass is 10.2. The molecule has 0 atom stereocenters. The smallest absolute Gasteiger partial charge is 0.0416 e. The molecule has 1 heterocycles. The number of pyridine rings is 1. The van der Waals surface area contributed by atoms with Crippen LogP contribution in [0.15, 0.2) is 24.4 Å². The second kappa shape index (κ2) is 5.67. The maximum Gasteiger partial charge on any atom is 0.0416 e. The molecule has 1 aromatic rings. The lowest BCUT2D eigenvalue weighted by Gasteiger charge is -2.14. The molecule has 0 unspecified atom stereocenters. The van der Waals surface area contributed by atoms with E-state index >= 15 is 0 Å². The number of likely N-dealkylation sites (N-methyl/N-ethyl adjacent to an activating group) is 1. The Hall–Kier alpha value is -0.930. The minimum atomic E-state index is 0.721. The average Bonchev–Trinajstić information content (AvgIpc) is 2.17. The van der Waals surface area contributed by atoms with Crippen molar-refractivity contribution in [3.63, 3.8) is 0 Å². The topological polar surface area (TPSA) is 42.1 Å². The fraction of sp³-hybridized carbons (Fsp3) is 0.500. The number of rotatable bonds is 5. The number of nitrogens with two attached hydrogens (primary N) is 1. The summed E-state index contributed by atoms with van der Waals surface area (Å²) in [6, 6.07) is 6.01. The van der Waals surface area contributed by atoms with Gasteiger partial charge >= 0.3 is 0 Å². The lowest BCUT2D eigenvalue weighted by Crippen LogP contribution is -2.27. The van der Waals surface area contributed by atoms with Gasteiger partial charge in [0.15, 0.2) is 0 Å². The first-order valence-electron chi connectivity index (χ1n) is 4.61. The van der Waals surface area contributed by atoms with Gasteiger partial charge in [0.25, 0.3) is 0 Å². The molecule has 3 heteroatoms. The fourth-order valence-electron chi connectivity index (χ4n) is 1.18. The van der Waals surface area contributed by atoms with Crippen LogP contribution in [-0.4, -0.2) is 36.6 Å². The van der Waals surface area contributed by atoms with Crippen LogP contribution in [-0.2, 0) is 6.42 Å². The van der Waals surface area contributed by atoms with Crippen molar-refractivity contribution in [1.29, 1.82) is 0 Å². The fourth-order valence-corrected chi connectivity index (χ4v) is 1.18. The van der Waals surface area contributed by atoms with Crippen LogP contribution in [0.25, 0.3) is 0 Å². The minimum Gasteiger partial charge on any atom is -0.329 e. The molecule has 0 fully saturated rings. The second-order valence-electron chi connectivity index (χ2n) is 3.16. The van der Waals surface area contributed by atoms with Gasteiger partial charge in [-0.3, -0.25) is 4.98 Å². The molecule has 1 rings (SSSR count). The van der Waals surface area contributed by atoms with E-state index in [0.29, 0.717) is 0 Å². The van der Waals surface area contributed by atoms with E-state index < -0.39 is 0 Å². The van der Waals surface area contributed by atoms with Crippen LogP contribution >= 0.6 is 0 Å². The summed E-state index contributed by atoms with van der Waals surface area (Å²) < 4.78 is 0. The highest BCUT2D eigenvalue weighted by atomic mass is 15.1. The Morgan fingerprint density at radius 3 is 2.85 bits per heavy atom. The van der Waals surface area contributed by atoms with Crippen LogP contribution < -0.4 is 5.73 Å². The van der Waals surface area contributed by atoms with Crippen LogP contribution in [0.5, 0.6) is 0 Å². The van der Waals surface area contributed by atoms with Gasteiger partial charge in [-0.05, 0) is 19.2 Å². The van der Waals surface area contributed by atoms with Crippen molar-refractivity contribution < 1.29 is 0 Å². The standard InChI is InChI=1S/C10H17N3/c1-13(9-6-11)8-5-10-4-2-3-7-12-10/h2-4,7H,5-6,8-9,11H2,1H3. The Labute approximate surface area is 79.6 Å². The zero-order valence-corrected chi connectivity index (χ0v) is 8.11. The van der Waals surface area contributed by atoms with Gasteiger partial charge in [-0.2, -0.15) is 0 Å². The Kier molecular flexibility index (Phi) is 4.43. The molecule has 0 aromatic carbocycles. The molecule has 0 aliphatic heterocycles. The van der Waals surface area contributed by atoms with E-state index in [1.165, 1.54) is 0 Å². The van der Waals surface area contributed by atoms with Crippen LogP contribution in [0, 0.1) is 0 Å². The Morgan fingerprint density at radius 2 is 2.23 bits per heavy atom. The quantitative estimate of drug-likeness (QED) is 0.716. The van der Waals surface area contributed by atoms with Gasteiger partial charge in [0, 0.05) is 37.9 Å². The van der Waals surface area contributed by atoms with Crippen LogP contribution in [0.1, 0.15) is 5.69 Å². The third-order valence-corrected chi connectivity index (χ3v) is 1.99. The van der Waals surface area contributed by atoms with Gasteiger partial charge < -0.3 is 10.6 Å². The normalized spacial score (nSPS) is 10.7. The molecule has 0 aliphatic rings. The average molecular weight is 179 g/mol. The molecule has 0 amide bonds. The first-order valence-corrected chi connectivity index (χ1v) is 4.61. The largest absolute Gasteiger partial charge is 0.329 e. The van der Waals surface area contributed by atoms with E-state index in [9.17, 15) is 0 Å². The predicted molar refractivity (Wildman–Crippen MR) is 54.5 cm³/mol. The van der Waals surface area contributed by atoms with E-state index in [2.05, 4.69) is 23.0 Å². The van der Waals surface area contributed by atoms with Crippen molar-refractivity contribution in [3.8, 4) is 0 Å². The monoisotopic (exact) mass is 179 g/mol. The SMILES string of the molecule is CN(CCN)CCc1ccccn1. The van der Waals surface area contributed by atoms with Crippen molar-refractivity contribution in [2.24, 2.45) is 5.73 Å². The van der Waals surface area contributed by atoms with Gasteiger partial charge in [-0.25, -0.2) is 0 Å². The Bertz CT molecular complexity index is 223. The van der Waals surface area contributed by atoms with Crippen molar-refractivity contribution in [2.75, 3.05) is 26.7 Å². The summed E-state index contributed by atoms with van der Waals surface area (Å²) in [6.07, 6.45) is 2.83. The molecular weight excluding hydrogens is 162 g/mol. The van der Waals surface area contributed by atoms with E-state index in [4.69, 9.17) is 5.73 Å². The molecular formula is C10H17N3. The summed E-state index contributed by atoms with van der Waals surface area (Å²) in [5.41, 5.74) is 6.59. The van der Waals surface area contributed by atoms with Gasteiger partial charge in [0.1, 0.15) is 0 Å². The molecule has 3 nitrogen and oxygen atoms in total. The molecule has 2 N–H and O–H groups in total. The number of hydrogen-bond donors (Lipinski definition) is 1. The molecule has 0 bridgehead atoms. The first kappa shape index (κ1) is 10.2. The molecule has 13 heavy (non-hydrogen) atoms. The van der Waals surface area contributed by atoms with E-state index in [1.807, 2.05) is 18.3 Å². The summed E-state index contributed by atoms with van der Waals surface area (Å²) in [7, 11) is 2.08. The zero-order chi connectivity index (χ0) is 9.52. The molecule has 0 aliphatic carbocycles. The molecule has 0 saturated carbocycles. The number of hydrogen-bond acceptors (Lipinski definition) is 3. The van der Waals surface area contributed by atoms with Crippen LogP contribution in [0.2, 0.25) is 0 Å². The van der Waals surface area contributed by atoms with Crippen molar-refractivity contribution in [2.45, 2.75) is 6.42 Å². The third kappa shape index (κ3) is 4.01. The van der Waals surface area contributed by atoms with E-state index in [0.717, 1.165) is 31.7 Å². The van der Waals surface area contributed by atoms with E-state index in [-0.39, 0.29) is 0 Å². The minimum absolute atomic E-state index is 0.721. The maximum absolute atomic E-state index is 5.44. The Morgan fingerprint density at radius 1 is 1.38 bits per heavy atom. The lowest BCUT2D eigenvalue weighted by molar-refractivity contribution is 0.346. The highest BCUT2D eigenvalue weighted by molar-refractivity contribution is 5.03. The summed E-state index contributed by atoms with van der Waals surface area (Å²) in [5.74, 6) is 0. The van der Waals surface area contributed by atoms with Crippen molar-refractivity contribution in [3.05, 3.63) is 30.1 Å².